The zero-order chi connectivity index (χ0) is 10.9. The number of anilines is 1. The molecule has 14 heavy (non-hydrogen) atoms. The number of nitrogen functional groups attached to an aromatic ring is 1. The second-order valence-corrected chi connectivity index (χ2v) is 4.16. The van der Waals surface area contributed by atoms with E-state index >= 15 is 0 Å². The Labute approximate surface area is 86.5 Å². The molecule has 1 aromatic rings. The molecule has 0 amide bonds. The Kier molecular flexibility index (Phi) is 2.71. The van der Waals surface area contributed by atoms with Crippen LogP contribution in [0.3, 0.4) is 0 Å². The average Bonchev–Trinajstić information content (AvgIpc) is 2.29. The van der Waals surface area contributed by atoms with Crippen molar-refractivity contribution in [2.24, 2.45) is 5.41 Å². The van der Waals surface area contributed by atoms with E-state index in [1.165, 1.54) is 10.9 Å². The molecule has 0 radical (unpaired) electrons. The molecule has 0 aliphatic rings. The van der Waals surface area contributed by atoms with Crippen LogP contribution >= 0.6 is 11.6 Å². The van der Waals surface area contributed by atoms with E-state index in [1.54, 1.807) is 13.8 Å². The van der Waals surface area contributed by atoms with Crippen molar-refractivity contribution in [3.05, 3.63) is 11.2 Å². The molecule has 1 aromatic heterocycles. The van der Waals surface area contributed by atoms with E-state index in [0.29, 0.717) is 5.02 Å². The first-order chi connectivity index (χ1) is 6.33. The second-order valence-electron chi connectivity index (χ2n) is 3.75. The maximum atomic E-state index is 10.8. The minimum absolute atomic E-state index is 0.216. The Hall–Kier alpha value is -1.23. The smallest absolute Gasteiger partial charge is 0.310 e. The van der Waals surface area contributed by atoms with Gasteiger partial charge in [0.1, 0.15) is 5.02 Å². The minimum atomic E-state index is -0.887. The van der Waals surface area contributed by atoms with Crippen LogP contribution in [0.1, 0.15) is 13.8 Å². The van der Waals surface area contributed by atoms with Crippen molar-refractivity contribution < 1.29 is 9.90 Å². The standard InChI is InChI=1S/C8H12ClN3O2/c1-8(2,7(13)14)4-12-3-5(9)6(10)11-12/h3H,4H2,1-2H3,(H2,10,11)(H,13,14). The van der Waals surface area contributed by atoms with Gasteiger partial charge in [-0.2, -0.15) is 5.10 Å². The van der Waals surface area contributed by atoms with Crippen LogP contribution in [0.5, 0.6) is 0 Å². The fourth-order valence-corrected chi connectivity index (χ4v) is 1.12. The van der Waals surface area contributed by atoms with Gasteiger partial charge in [-0.1, -0.05) is 11.6 Å². The summed E-state index contributed by atoms with van der Waals surface area (Å²) in [5, 5.41) is 13.1. The van der Waals surface area contributed by atoms with E-state index in [2.05, 4.69) is 5.10 Å². The van der Waals surface area contributed by atoms with E-state index in [-0.39, 0.29) is 12.4 Å². The molecule has 0 atom stereocenters. The van der Waals surface area contributed by atoms with Crippen LogP contribution in [-0.4, -0.2) is 20.9 Å². The quantitative estimate of drug-likeness (QED) is 0.798. The molecule has 0 saturated heterocycles. The van der Waals surface area contributed by atoms with Gasteiger partial charge < -0.3 is 10.8 Å². The summed E-state index contributed by atoms with van der Waals surface area (Å²) in [7, 11) is 0. The normalized spacial score (nSPS) is 11.6. The number of hydrogen-bond acceptors (Lipinski definition) is 3. The molecule has 0 saturated carbocycles. The van der Waals surface area contributed by atoms with E-state index < -0.39 is 11.4 Å². The summed E-state index contributed by atoms with van der Waals surface area (Å²) in [5.41, 5.74) is 4.54. The summed E-state index contributed by atoms with van der Waals surface area (Å²) in [6, 6.07) is 0. The molecule has 0 aliphatic heterocycles. The van der Waals surface area contributed by atoms with Crippen LogP contribution < -0.4 is 5.73 Å². The van der Waals surface area contributed by atoms with Gasteiger partial charge >= 0.3 is 5.97 Å². The molecule has 6 heteroatoms. The number of aromatic nitrogens is 2. The number of hydrogen-bond donors (Lipinski definition) is 2. The second kappa shape index (κ2) is 3.49. The van der Waals surface area contributed by atoms with Gasteiger partial charge in [-0.15, -0.1) is 0 Å². The van der Waals surface area contributed by atoms with E-state index in [0.717, 1.165) is 0 Å². The van der Waals surface area contributed by atoms with Gasteiger partial charge in [0.05, 0.1) is 12.0 Å². The molecule has 0 fully saturated rings. The number of carboxylic acid groups (broad SMARTS) is 1. The van der Waals surface area contributed by atoms with Gasteiger partial charge in [0, 0.05) is 6.20 Å². The molecule has 0 spiro atoms. The van der Waals surface area contributed by atoms with Crippen LogP contribution in [0.4, 0.5) is 5.82 Å². The number of nitrogens with zero attached hydrogens (tertiary/aromatic N) is 2. The summed E-state index contributed by atoms with van der Waals surface area (Å²) in [6.45, 7) is 3.46. The lowest BCUT2D eigenvalue weighted by Gasteiger charge is -2.18. The van der Waals surface area contributed by atoms with Crippen molar-refractivity contribution in [2.75, 3.05) is 5.73 Å². The molecule has 1 heterocycles. The number of carbonyl (C=O) groups is 1. The molecular formula is C8H12ClN3O2. The van der Waals surface area contributed by atoms with Crippen LogP contribution in [0.25, 0.3) is 0 Å². The molecule has 0 aliphatic carbocycles. The van der Waals surface area contributed by atoms with Gasteiger partial charge in [-0.3, -0.25) is 9.48 Å². The Bertz CT molecular complexity index is 340. The fraction of sp³-hybridized carbons (Fsp3) is 0.500. The topological polar surface area (TPSA) is 81.1 Å². The lowest BCUT2D eigenvalue weighted by molar-refractivity contribution is -0.147. The van der Waals surface area contributed by atoms with Crippen molar-refractivity contribution in [3.63, 3.8) is 0 Å². The molecular weight excluding hydrogens is 206 g/mol. The highest BCUT2D eigenvalue weighted by molar-refractivity contribution is 6.32. The third kappa shape index (κ3) is 2.17. The molecule has 0 bridgehead atoms. The highest BCUT2D eigenvalue weighted by Gasteiger charge is 2.28. The molecule has 0 aromatic carbocycles. The van der Waals surface area contributed by atoms with Crippen LogP contribution in [0.15, 0.2) is 6.20 Å². The largest absolute Gasteiger partial charge is 0.481 e. The van der Waals surface area contributed by atoms with Crippen molar-refractivity contribution in [1.82, 2.24) is 9.78 Å². The first kappa shape index (κ1) is 10.8. The van der Waals surface area contributed by atoms with Gasteiger partial charge in [0.25, 0.3) is 0 Å². The van der Waals surface area contributed by atoms with Gasteiger partial charge in [-0.05, 0) is 13.8 Å². The predicted molar refractivity (Wildman–Crippen MR) is 53.1 cm³/mol. The summed E-state index contributed by atoms with van der Waals surface area (Å²) in [5.74, 6) is -0.671. The van der Waals surface area contributed by atoms with Crippen molar-refractivity contribution >= 4 is 23.4 Å². The zero-order valence-corrected chi connectivity index (χ0v) is 8.75. The summed E-state index contributed by atoms with van der Waals surface area (Å²) in [4.78, 5) is 10.8. The third-order valence-electron chi connectivity index (χ3n) is 1.88. The molecule has 5 nitrogen and oxygen atoms in total. The zero-order valence-electron chi connectivity index (χ0n) is 7.99. The van der Waals surface area contributed by atoms with Gasteiger partial charge in [0.2, 0.25) is 0 Å². The van der Waals surface area contributed by atoms with Gasteiger partial charge in [-0.25, -0.2) is 0 Å². The van der Waals surface area contributed by atoms with Gasteiger partial charge in [0.15, 0.2) is 5.82 Å². The monoisotopic (exact) mass is 217 g/mol. The number of halogens is 1. The van der Waals surface area contributed by atoms with Crippen molar-refractivity contribution in [2.45, 2.75) is 20.4 Å². The summed E-state index contributed by atoms with van der Waals surface area (Å²) < 4.78 is 1.44. The van der Waals surface area contributed by atoms with E-state index in [9.17, 15) is 4.79 Å². The first-order valence-corrected chi connectivity index (χ1v) is 4.42. The van der Waals surface area contributed by atoms with Crippen LogP contribution in [0, 0.1) is 5.41 Å². The highest BCUT2D eigenvalue weighted by Crippen LogP contribution is 2.21. The summed E-state index contributed by atoms with van der Waals surface area (Å²) >= 11 is 5.68. The number of carboxylic acids is 1. The number of aliphatic carboxylic acids is 1. The Morgan fingerprint density at radius 1 is 1.79 bits per heavy atom. The van der Waals surface area contributed by atoms with E-state index in [4.69, 9.17) is 22.4 Å². The lowest BCUT2D eigenvalue weighted by Crippen LogP contribution is -2.29. The van der Waals surface area contributed by atoms with Crippen LogP contribution in [0.2, 0.25) is 5.02 Å². The highest BCUT2D eigenvalue weighted by atomic mass is 35.5. The Morgan fingerprint density at radius 2 is 2.36 bits per heavy atom. The summed E-state index contributed by atoms with van der Waals surface area (Å²) in [6.07, 6.45) is 1.52. The Balaban J connectivity index is 2.84. The molecule has 0 unspecified atom stereocenters. The molecule has 78 valence electrons. The van der Waals surface area contributed by atoms with E-state index in [1.807, 2.05) is 0 Å². The third-order valence-corrected chi connectivity index (χ3v) is 2.17. The molecule has 3 N–H and O–H groups in total. The van der Waals surface area contributed by atoms with Crippen LogP contribution in [-0.2, 0) is 11.3 Å². The fourth-order valence-electron chi connectivity index (χ4n) is 0.966. The lowest BCUT2D eigenvalue weighted by atomic mass is 9.94. The van der Waals surface area contributed by atoms with Crippen molar-refractivity contribution in [1.29, 1.82) is 0 Å². The first-order valence-electron chi connectivity index (χ1n) is 4.05. The minimum Gasteiger partial charge on any atom is -0.481 e. The number of rotatable bonds is 3. The Morgan fingerprint density at radius 3 is 2.71 bits per heavy atom. The maximum absolute atomic E-state index is 10.8. The maximum Gasteiger partial charge on any atom is 0.310 e. The molecule has 1 rings (SSSR count). The SMILES string of the molecule is CC(C)(Cn1cc(Cl)c(N)n1)C(=O)O. The van der Waals surface area contributed by atoms with Crippen molar-refractivity contribution in [3.8, 4) is 0 Å². The number of nitrogens with two attached hydrogens (primary N) is 1. The predicted octanol–water partition coefficient (Wildman–Crippen LogP) is 1.23. The average molecular weight is 218 g/mol.